The molecule has 4 rings (SSSR count). The first kappa shape index (κ1) is 13.1. The van der Waals surface area contributed by atoms with Crippen molar-refractivity contribution in [1.82, 2.24) is 19.9 Å². The quantitative estimate of drug-likeness (QED) is 0.760. The Morgan fingerprint density at radius 1 is 1.05 bits per heavy atom. The fraction of sp³-hybridized carbons (Fsp3) is 0.312. The monoisotopic (exact) mass is 295 g/mol. The van der Waals surface area contributed by atoms with Crippen LogP contribution in [0.15, 0.2) is 35.4 Å². The van der Waals surface area contributed by atoms with E-state index in [4.69, 9.17) is 0 Å². The van der Waals surface area contributed by atoms with E-state index < -0.39 is 0 Å². The fourth-order valence-corrected chi connectivity index (χ4v) is 3.06. The number of hydrogen-bond acceptors (Lipinski definition) is 4. The maximum Gasteiger partial charge on any atom is 0.323 e. The van der Waals surface area contributed by atoms with Crippen molar-refractivity contribution in [3.8, 4) is 11.3 Å². The van der Waals surface area contributed by atoms with Crippen LogP contribution in [0.1, 0.15) is 19.3 Å². The Morgan fingerprint density at radius 2 is 1.91 bits per heavy atom. The fourth-order valence-electron chi connectivity index (χ4n) is 3.06. The number of H-pyrrole nitrogens is 2. The molecule has 1 aliphatic rings. The number of fused-ring (bicyclic) bond motifs is 1. The summed E-state index contributed by atoms with van der Waals surface area (Å²) >= 11 is 0. The molecule has 0 radical (unpaired) electrons. The summed E-state index contributed by atoms with van der Waals surface area (Å²) in [6.07, 6.45) is 5.31. The van der Waals surface area contributed by atoms with Crippen LogP contribution in [0.3, 0.4) is 0 Å². The Morgan fingerprint density at radius 3 is 2.77 bits per heavy atom. The zero-order valence-electron chi connectivity index (χ0n) is 12.2. The molecule has 22 heavy (non-hydrogen) atoms. The van der Waals surface area contributed by atoms with Crippen molar-refractivity contribution < 1.29 is 0 Å². The largest absolute Gasteiger partial charge is 0.357 e. The third-order valence-electron chi connectivity index (χ3n) is 4.16. The Labute approximate surface area is 127 Å². The molecular weight excluding hydrogens is 278 g/mol. The van der Waals surface area contributed by atoms with Crippen molar-refractivity contribution in [3.63, 3.8) is 0 Å². The molecule has 3 aromatic rings. The van der Waals surface area contributed by atoms with Crippen LogP contribution in [0, 0.1) is 0 Å². The SMILES string of the molecule is O=c1[nH]c2cccc(-c3cc(N4CCCCC4)ncn3)c2[nH]1. The molecule has 0 bridgehead atoms. The van der Waals surface area contributed by atoms with Crippen molar-refractivity contribution >= 4 is 16.9 Å². The van der Waals surface area contributed by atoms with E-state index in [0.29, 0.717) is 0 Å². The molecule has 0 saturated carbocycles. The van der Waals surface area contributed by atoms with Gasteiger partial charge >= 0.3 is 5.69 Å². The molecule has 2 aromatic heterocycles. The summed E-state index contributed by atoms with van der Waals surface area (Å²) in [6.45, 7) is 2.09. The predicted molar refractivity (Wildman–Crippen MR) is 86.0 cm³/mol. The van der Waals surface area contributed by atoms with Gasteiger partial charge in [-0.25, -0.2) is 14.8 Å². The number of benzene rings is 1. The molecule has 1 fully saturated rings. The normalized spacial score (nSPS) is 15.4. The van der Waals surface area contributed by atoms with E-state index in [1.165, 1.54) is 19.3 Å². The highest BCUT2D eigenvalue weighted by molar-refractivity contribution is 5.90. The Bertz CT molecular complexity index is 860. The average molecular weight is 295 g/mol. The molecule has 0 amide bonds. The number of para-hydroxylation sites is 1. The van der Waals surface area contributed by atoms with Crippen molar-refractivity contribution in [1.29, 1.82) is 0 Å². The summed E-state index contributed by atoms with van der Waals surface area (Å²) in [4.78, 5) is 28.3. The van der Waals surface area contributed by atoms with E-state index in [-0.39, 0.29) is 5.69 Å². The van der Waals surface area contributed by atoms with Crippen LogP contribution in [0.25, 0.3) is 22.3 Å². The summed E-state index contributed by atoms with van der Waals surface area (Å²) in [5, 5.41) is 0. The number of nitrogens with one attached hydrogen (secondary N) is 2. The molecule has 1 aliphatic heterocycles. The number of anilines is 1. The number of nitrogens with zero attached hydrogens (tertiary/aromatic N) is 3. The molecule has 1 aromatic carbocycles. The molecule has 6 nitrogen and oxygen atoms in total. The van der Waals surface area contributed by atoms with E-state index in [0.717, 1.165) is 41.2 Å². The van der Waals surface area contributed by atoms with Gasteiger partial charge in [-0.2, -0.15) is 0 Å². The van der Waals surface area contributed by atoms with E-state index in [1.54, 1.807) is 6.33 Å². The zero-order valence-corrected chi connectivity index (χ0v) is 12.2. The second-order valence-corrected chi connectivity index (χ2v) is 5.62. The van der Waals surface area contributed by atoms with Crippen LogP contribution in [-0.2, 0) is 0 Å². The maximum absolute atomic E-state index is 11.5. The van der Waals surface area contributed by atoms with Crippen molar-refractivity contribution in [3.05, 3.63) is 41.1 Å². The summed E-state index contributed by atoms with van der Waals surface area (Å²) in [7, 11) is 0. The molecule has 0 atom stereocenters. The third-order valence-corrected chi connectivity index (χ3v) is 4.16. The number of aromatic amines is 2. The highest BCUT2D eigenvalue weighted by atomic mass is 16.1. The van der Waals surface area contributed by atoms with Crippen molar-refractivity contribution in [2.75, 3.05) is 18.0 Å². The van der Waals surface area contributed by atoms with Gasteiger partial charge in [0.2, 0.25) is 0 Å². The van der Waals surface area contributed by atoms with Crippen LogP contribution < -0.4 is 10.6 Å². The number of rotatable bonds is 2. The van der Waals surface area contributed by atoms with E-state index in [2.05, 4.69) is 24.8 Å². The van der Waals surface area contributed by atoms with Gasteiger partial charge in [0, 0.05) is 24.7 Å². The first-order chi connectivity index (χ1) is 10.8. The Balaban J connectivity index is 1.79. The van der Waals surface area contributed by atoms with Gasteiger partial charge in [-0.05, 0) is 25.3 Å². The average Bonchev–Trinajstić information content (AvgIpc) is 2.96. The maximum atomic E-state index is 11.5. The molecule has 0 spiro atoms. The van der Waals surface area contributed by atoms with Crippen molar-refractivity contribution in [2.45, 2.75) is 19.3 Å². The summed E-state index contributed by atoms with van der Waals surface area (Å²) < 4.78 is 0. The summed E-state index contributed by atoms with van der Waals surface area (Å²) in [5.74, 6) is 0.958. The smallest absolute Gasteiger partial charge is 0.323 e. The molecule has 0 unspecified atom stereocenters. The lowest BCUT2D eigenvalue weighted by molar-refractivity contribution is 0.573. The minimum atomic E-state index is -0.201. The Kier molecular flexibility index (Phi) is 3.14. The van der Waals surface area contributed by atoms with Gasteiger partial charge < -0.3 is 14.9 Å². The van der Waals surface area contributed by atoms with Gasteiger partial charge in [0.05, 0.1) is 16.7 Å². The van der Waals surface area contributed by atoms with Gasteiger partial charge in [-0.1, -0.05) is 12.1 Å². The van der Waals surface area contributed by atoms with Crippen LogP contribution in [0.2, 0.25) is 0 Å². The minimum Gasteiger partial charge on any atom is -0.357 e. The van der Waals surface area contributed by atoms with Gasteiger partial charge in [0.1, 0.15) is 12.1 Å². The van der Waals surface area contributed by atoms with Gasteiger partial charge in [-0.3, -0.25) is 0 Å². The third kappa shape index (κ3) is 2.26. The molecule has 1 saturated heterocycles. The molecule has 3 heterocycles. The van der Waals surface area contributed by atoms with Gasteiger partial charge in [0.25, 0.3) is 0 Å². The van der Waals surface area contributed by atoms with Crippen LogP contribution in [0.5, 0.6) is 0 Å². The van der Waals surface area contributed by atoms with E-state index in [9.17, 15) is 4.79 Å². The lowest BCUT2D eigenvalue weighted by atomic mass is 10.1. The standard InChI is InChI=1S/C16H17N5O/c22-16-19-12-6-4-5-11(15(12)20-16)13-9-14(18-10-17-13)21-7-2-1-3-8-21/h4-6,9-10H,1-3,7-8H2,(H2,19,20,22). The van der Waals surface area contributed by atoms with Crippen LogP contribution >= 0.6 is 0 Å². The second-order valence-electron chi connectivity index (χ2n) is 5.62. The molecule has 0 aliphatic carbocycles. The first-order valence-electron chi connectivity index (χ1n) is 7.60. The van der Waals surface area contributed by atoms with Crippen LogP contribution in [0.4, 0.5) is 5.82 Å². The summed E-state index contributed by atoms with van der Waals surface area (Å²) in [5.41, 5.74) is 3.12. The lowest BCUT2D eigenvalue weighted by Gasteiger charge is -2.27. The van der Waals surface area contributed by atoms with Crippen LogP contribution in [-0.4, -0.2) is 33.0 Å². The Hall–Kier alpha value is -2.63. The minimum absolute atomic E-state index is 0.201. The topological polar surface area (TPSA) is 77.7 Å². The molecule has 2 N–H and O–H groups in total. The van der Waals surface area contributed by atoms with Gasteiger partial charge in [0.15, 0.2) is 0 Å². The second kappa shape index (κ2) is 5.29. The van der Waals surface area contributed by atoms with Crippen molar-refractivity contribution in [2.24, 2.45) is 0 Å². The molecule has 112 valence electrons. The predicted octanol–water partition coefficient (Wildman–Crippen LogP) is 2.30. The molecular formula is C16H17N5O. The highest BCUT2D eigenvalue weighted by Gasteiger charge is 2.14. The number of hydrogen-bond donors (Lipinski definition) is 2. The number of aromatic nitrogens is 4. The van der Waals surface area contributed by atoms with E-state index >= 15 is 0 Å². The van der Waals surface area contributed by atoms with E-state index in [1.807, 2.05) is 24.3 Å². The summed E-state index contributed by atoms with van der Waals surface area (Å²) in [6, 6.07) is 7.77. The number of imidazole rings is 1. The lowest BCUT2D eigenvalue weighted by Crippen LogP contribution is -2.30. The first-order valence-corrected chi connectivity index (χ1v) is 7.60. The molecule has 6 heteroatoms. The highest BCUT2D eigenvalue weighted by Crippen LogP contribution is 2.27. The zero-order chi connectivity index (χ0) is 14.9. The number of piperidine rings is 1. The van der Waals surface area contributed by atoms with Gasteiger partial charge in [-0.15, -0.1) is 0 Å².